The van der Waals surface area contributed by atoms with E-state index in [1.807, 2.05) is 6.92 Å². The minimum atomic E-state index is -1.08. The Balaban J connectivity index is 3.00. The van der Waals surface area contributed by atoms with Gasteiger partial charge in [0.05, 0.1) is 23.8 Å². The standard InChI is InChI=1S/C12H15ClO5/c1-7(16-2)6-18-11-9(13)4-8(12(14)15)5-10(11)17-3/h4-5,7H,6H2,1-3H3,(H,14,15). The van der Waals surface area contributed by atoms with Gasteiger partial charge in [-0.25, -0.2) is 4.79 Å². The highest BCUT2D eigenvalue weighted by molar-refractivity contribution is 6.32. The van der Waals surface area contributed by atoms with Gasteiger partial charge in [0.15, 0.2) is 11.5 Å². The molecule has 0 saturated carbocycles. The third-order valence-corrected chi connectivity index (χ3v) is 2.62. The van der Waals surface area contributed by atoms with Gasteiger partial charge in [-0.15, -0.1) is 0 Å². The fraction of sp³-hybridized carbons (Fsp3) is 0.417. The molecule has 0 aliphatic carbocycles. The van der Waals surface area contributed by atoms with Gasteiger partial charge < -0.3 is 19.3 Å². The number of rotatable bonds is 6. The first-order valence-corrected chi connectivity index (χ1v) is 5.63. The minimum absolute atomic E-state index is 0.0454. The Hall–Kier alpha value is -1.46. The van der Waals surface area contributed by atoms with Crippen molar-refractivity contribution in [1.29, 1.82) is 0 Å². The molecule has 0 aliphatic heterocycles. The summed E-state index contributed by atoms with van der Waals surface area (Å²) in [5.74, 6) is -0.483. The maximum Gasteiger partial charge on any atom is 0.335 e. The van der Waals surface area contributed by atoms with Crippen molar-refractivity contribution >= 4 is 17.6 Å². The van der Waals surface area contributed by atoms with Gasteiger partial charge in [0.2, 0.25) is 0 Å². The Kier molecular flexibility index (Phi) is 5.25. The first-order valence-electron chi connectivity index (χ1n) is 5.26. The van der Waals surface area contributed by atoms with Gasteiger partial charge in [0.1, 0.15) is 6.61 Å². The predicted molar refractivity (Wildman–Crippen MR) is 66.9 cm³/mol. The van der Waals surface area contributed by atoms with E-state index in [1.54, 1.807) is 7.11 Å². The molecule has 1 aromatic carbocycles. The van der Waals surface area contributed by atoms with Crippen LogP contribution >= 0.6 is 11.6 Å². The summed E-state index contributed by atoms with van der Waals surface area (Å²) in [7, 11) is 2.99. The second-order valence-electron chi connectivity index (χ2n) is 3.65. The van der Waals surface area contributed by atoms with Gasteiger partial charge in [-0.2, -0.15) is 0 Å². The van der Waals surface area contributed by atoms with Crippen LogP contribution in [0.25, 0.3) is 0 Å². The van der Waals surface area contributed by atoms with Crippen molar-refractivity contribution in [2.75, 3.05) is 20.8 Å². The van der Waals surface area contributed by atoms with E-state index >= 15 is 0 Å². The van der Waals surface area contributed by atoms with Gasteiger partial charge in [-0.3, -0.25) is 0 Å². The maximum atomic E-state index is 10.9. The van der Waals surface area contributed by atoms with Crippen LogP contribution in [0.4, 0.5) is 0 Å². The summed E-state index contributed by atoms with van der Waals surface area (Å²) in [5, 5.41) is 9.09. The van der Waals surface area contributed by atoms with Gasteiger partial charge in [0, 0.05) is 7.11 Å². The second kappa shape index (κ2) is 6.47. The molecule has 0 spiro atoms. The Bertz CT molecular complexity index is 433. The molecule has 0 aliphatic rings. The van der Waals surface area contributed by atoms with E-state index in [0.29, 0.717) is 12.4 Å². The number of ether oxygens (including phenoxy) is 3. The van der Waals surface area contributed by atoms with Crippen molar-refractivity contribution in [3.05, 3.63) is 22.7 Å². The topological polar surface area (TPSA) is 65.0 Å². The monoisotopic (exact) mass is 274 g/mol. The van der Waals surface area contributed by atoms with E-state index in [2.05, 4.69) is 0 Å². The fourth-order valence-electron chi connectivity index (χ4n) is 1.25. The molecule has 1 atom stereocenters. The zero-order valence-electron chi connectivity index (χ0n) is 10.4. The van der Waals surface area contributed by atoms with Gasteiger partial charge in [-0.1, -0.05) is 11.6 Å². The van der Waals surface area contributed by atoms with E-state index in [-0.39, 0.29) is 22.4 Å². The van der Waals surface area contributed by atoms with Gasteiger partial charge >= 0.3 is 5.97 Å². The summed E-state index contributed by atoms with van der Waals surface area (Å²) in [5.41, 5.74) is 0.0454. The van der Waals surface area contributed by atoms with Crippen LogP contribution in [0.5, 0.6) is 11.5 Å². The molecule has 0 fully saturated rings. The molecule has 0 aromatic heterocycles. The maximum absolute atomic E-state index is 10.9. The molecule has 1 aromatic rings. The molecule has 1 N–H and O–H groups in total. The zero-order valence-corrected chi connectivity index (χ0v) is 11.2. The molecular formula is C12H15ClO5. The minimum Gasteiger partial charge on any atom is -0.493 e. The van der Waals surface area contributed by atoms with Gasteiger partial charge in [-0.05, 0) is 19.1 Å². The molecule has 0 radical (unpaired) electrons. The number of hydrogen-bond acceptors (Lipinski definition) is 4. The lowest BCUT2D eigenvalue weighted by Gasteiger charge is -2.15. The molecule has 0 amide bonds. The van der Waals surface area contributed by atoms with Crippen LogP contribution in [0.1, 0.15) is 17.3 Å². The van der Waals surface area contributed by atoms with Crippen LogP contribution in [-0.4, -0.2) is 38.0 Å². The summed E-state index contributed by atoms with van der Waals surface area (Å²) in [4.78, 5) is 10.9. The van der Waals surface area contributed by atoms with Gasteiger partial charge in [0.25, 0.3) is 0 Å². The molecule has 1 rings (SSSR count). The summed E-state index contributed by atoms with van der Waals surface area (Å²) in [6, 6.07) is 2.68. The highest BCUT2D eigenvalue weighted by atomic mass is 35.5. The first-order chi connectivity index (χ1) is 8.49. The molecule has 5 nitrogen and oxygen atoms in total. The highest BCUT2D eigenvalue weighted by Gasteiger charge is 2.16. The lowest BCUT2D eigenvalue weighted by Crippen LogP contribution is -2.16. The van der Waals surface area contributed by atoms with Crippen molar-refractivity contribution in [1.82, 2.24) is 0 Å². The van der Waals surface area contributed by atoms with Crippen molar-refractivity contribution in [2.24, 2.45) is 0 Å². The number of carbonyl (C=O) groups is 1. The lowest BCUT2D eigenvalue weighted by molar-refractivity contribution is 0.0688. The van der Waals surface area contributed by atoms with Crippen molar-refractivity contribution in [2.45, 2.75) is 13.0 Å². The number of benzene rings is 1. The van der Waals surface area contributed by atoms with Crippen molar-refractivity contribution in [3.8, 4) is 11.5 Å². The molecule has 18 heavy (non-hydrogen) atoms. The van der Waals surface area contributed by atoms with Crippen LogP contribution in [0.2, 0.25) is 5.02 Å². The third kappa shape index (κ3) is 3.51. The van der Waals surface area contributed by atoms with Crippen LogP contribution < -0.4 is 9.47 Å². The molecule has 0 saturated heterocycles. The summed E-state index contributed by atoms with van der Waals surface area (Å²) >= 11 is 5.97. The van der Waals surface area contributed by atoms with E-state index in [0.717, 1.165) is 0 Å². The van der Waals surface area contributed by atoms with Crippen LogP contribution in [0.3, 0.4) is 0 Å². The Labute approximate surface area is 110 Å². The zero-order chi connectivity index (χ0) is 13.7. The SMILES string of the molecule is COc1cc(C(=O)O)cc(Cl)c1OCC(C)OC. The summed E-state index contributed by atoms with van der Waals surface area (Å²) in [6.45, 7) is 2.13. The van der Waals surface area contributed by atoms with E-state index in [4.69, 9.17) is 30.9 Å². The number of carboxylic acid groups (broad SMARTS) is 1. The summed E-state index contributed by atoms with van der Waals surface area (Å²) < 4.78 is 15.6. The molecule has 0 heterocycles. The Morgan fingerprint density at radius 2 is 2.11 bits per heavy atom. The molecule has 1 unspecified atom stereocenters. The third-order valence-electron chi connectivity index (χ3n) is 2.34. The van der Waals surface area contributed by atoms with E-state index in [9.17, 15) is 4.79 Å². The highest BCUT2D eigenvalue weighted by Crippen LogP contribution is 2.36. The second-order valence-corrected chi connectivity index (χ2v) is 4.06. The fourth-order valence-corrected chi connectivity index (χ4v) is 1.52. The normalized spacial score (nSPS) is 12.0. The lowest BCUT2D eigenvalue weighted by atomic mass is 10.2. The number of hydrogen-bond donors (Lipinski definition) is 1. The molecule has 0 bridgehead atoms. The van der Waals surface area contributed by atoms with Crippen molar-refractivity contribution < 1.29 is 24.1 Å². The van der Waals surface area contributed by atoms with Crippen LogP contribution in [0, 0.1) is 0 Å². The average Bonchev–Trinajstić information content (AvgIpc) is 2.35. The quantitative estimate of drug-likeness (QED) is 0.863. The van der Waals surface area contributed by atoms with Crippen LogP contribution in [-0.2, 0) is 4.74 Å². The predicted octanol–water partition coefficient (Wildman–Crippen LogP) is 2.46. The first kappa shape index (κ1) is 14.6. The van der Waals surface area contributed by atoms with Crippen molar-refractivity contribution in [3.63, 3.8) is 0 Å². The smallest absolute Gasteiger partial charge is 0.335 e. The number of methoxy groups -OCH3 is 2. The van der Waals surface area contributed by atoms with Crippen LogP contribution in [0.15, 0.2) is 12.1 Å². The van der Waals surface area contributed by atoms with E-state index < -0.39 is 5.97 Å². The Morgan fingerprint density at radius 1 is 1.44 bits per heavy atom. The number of halogens is 1. The van der Waals surface area contributed by atoms with E-state index in [1.165, 1.54) is 19.2 Å². The largest absolute Gasteiger partial charge is 0.493 e. The average molecular weight is 275 g/mol. The molecule has 100 valence electrons. The Morgan fingerprint density at radius 3 is 2.61 bits per heavy atom. The number of aromatic carboxylic acids is 1. The molecule has 6 heteroatoms. The summed E-state index contributed by atoms with van der Waals surface area (Å²) in [6.07, 6.45) is -0.107. The number of carboxylic acids is 1. The molecular weight excluding hydrogens is 260 g/mol.